The van der Waals surface area contributed by atoms with Crippen molar-refractivity contribution in [3.05, 3.63) is 52.9 Å². The van der Waals surface area contributed by atoms with Crippen molar-refractivity contribution in [1.29, 1.82) is 0 Å². The number of benzene rings is 1. The predicted octanol–water partition coefficient (Wildman–Crippen LogP) is 3.19. The number of carboxylic acid groups (broad SMARTS) is 1. The first-order valence-electron chi connectivity index (χ1n) is 6.66. The van der Waals surface area contributed by atoms with Crippen molar-refractivity contribution in [3.63, 3.8) is 0 Å². The van der Waals surface area contributed by atoms with E-state index in [-0.39, 0.29) is 29.5 Å². The molecule has 0 amide bonds. The summed E-state index contributed by atoms with van der Waals surface area (Å²) in [7, 11) is 0. The van der Waals surface area contributed by atoms with Gasteiger partial charge in [0, 0.05) is 24.4 Å². The van der Waals surface area contributed by atoms with Gasteiger partial charge < -0.3 is 10.4 Å². The van der Waals surface area contributed by atoms with Gasteiger partial charge >= 0.3 is 5.97 Å². The van der Waals surface area contributed by atoms with E-state index in [9.17, 15) is 13.6 Å². The Morgan fingerprint density at radius 2 is 2.09 bits per heavy atom. The van der Waals surface area contributed by atoms with Gasteiger partial charge in [0.25, 0.3) is 0 Å². The molecule has 0 radical (unpaired) electrons. The van der Waals surface area contributed by atoms with E-state index >= 15 is 0 Å². The number of hydrogen-bond acceptors (Lipinski definition) is 4. The molecule has 0 saturated heterocycles. The molecule has 0 bridgehead atoms. The van der Waals surface area contributed by atoms with E-state index in [4.69, 9.17) is 5.11 Å². The number of nitrogens with zero attached hydrogens (tertiary/aromatic N) is 2. The minimum absolute atomic E-state index is 0.0357. The highest BCUT2D eigenvalue weighted by Gasteiger charge is 2.16. The van der Waals surface area contributed by atoms with Crippen molar-refractivity contribution >= 4 is 11.9 Å². The third kappa shape index (κ3) is 3.55. The number of aromatic nitrogens is 2. The number of carboxylic acids is 1. The number of hydrogen-bond donors (Lipinski definition) is 2. The maximum absolute atomic E-state index is 13.5. The van der Waals surface area contributed by atoms with Crippen LogP contribution in [0.2, 0.25) is 0 Å². The summed E-state index contributed by atoms with van der Waals surface area (Å²) >= 11 is 0. The second-order valence-electron chi connectivity index (χ2n) is 5.04. The third-order valence-electron chi connectivity index (χ3n) is 3.05. The maximum Gasteiger partial charge on any atom is 0.339 e. The van der Waals surface area contributed by atoms with Gasteiger partial charge in [0.1, 0.15) is 11.6 Å². The van der Waals surface area contributed by atoms with Gasteiger partial charge in [-0.05, 0) is 12.0 Å². The molecule has 0 aliphatic rings. The van der Waals surface area contributed by atoms with E-state index in [0.29, 0.717) is 5.69 Å². The minimum Gasteiger partial charge on any atom is -0.478 e. The molecule has 0 spiro atoms. The molecule has 22 heavy (non-hydrogen) atoms. The second-order valence-corrected chi connectivity index (χ2v) is 5.04. The highest BCUT2D eigenvalue weighted by molar-refractivity contribution is 5.88. The molecule has 2 rings (SSSR count). The predicted molar refractivity (Wildman–Crippen MR) is 76.8 cm³/mol. The van der Waals surface area contributed by atoms with Crippen LogP contribution < -0.4 is 5.32 Å². The van der Waals surface area contributed by atoms with Crippen molar-refractivity contribution in [2.45, 2.75) is 26.3 Å². The fourth-order valence-electron chi connectivity index (χ4n) is 1.92. The second kappa shape index (κ2) is 6.46. The summed E-state index contributed by atoms with van der Waals surface area (Å²) in [5.41, 5.74) is 0.691. The molecule has 2 aromatic rings. The van der Waals surface area contributed by atoms with Crippen LogP contribution in [0.25, 0.3) is 0 Å². The Labute approximate surface area is 126 Å². The molecule has 1 aromatic heterocycles. The fourth-order valence-corrected chi connectivity index (χ4v) is 1.92. The highest BCUT2D eigenvalue weighted by Crippen LogP contribution is 2.18. The number of halogens is 2. The zero-order valence-electron chi connectivity index (χ0n) is 12.1. The Kier molecular flexibility index (Phi) is 4.65. The summed E-state index contributed by atoms with van der Waals surface area (Å²) in [4.78, 5) is 19.2. The van der Waals surface area contributed by atoms with Crippen LogP contribution in [0.1, 0.15) is 41.4 Å². The van der Waals surface area contributed by atoms with Gasteiger partial charge in [-0.3, -0.25) is 0 Å². The number of carbonyl (C=O) groups is 1. The van der Waals surface area contributed by atoms with Gasteiger partial charge in [-0.15, -0.1) is 0 Å². The number of anilines is 1. The van der Waals surface area contributed by atoms with Gasteiger partial charge in [0.2, 0.25) is 5.95 Å². The first-order chi connectivity index (χ1) is 10.4. The minimum atomic E-state index is -1.10. The topological polar surface area (TPSA) is 75.1 Å². The van der Waals surface area contributed by atoms with Crippen molar-refractivity contribution in [3.8, 4) is 0 Å². The first kappa shape index (κ1) is 15.8. The Morgan fingerprint density at radius 3 is 2.68 bits per heavy atom. The summed E-state index contributed by atoms with van der Waals surface area (Å²) in [5.74, 6) is -2.32. The third-order valence-corrected chi connectivity index (χ3v) is 3.05. The van der Waals surface area contributed by atoms with E-state index in [1.807, 2.05) is 13.8 Å². The van der Waals surface area contributed by atoms with Crippen molar-refractivity contribution < 1.29 is 18.7 Å². The van der Waals surface area contributed by atoms with Crippen molar-refractivity contribution in [2.75, 3.05) is 5.32 Å². The molecule has 1 heterocycles. The fraction of sp³-hybridized carbons (Fsp3) is 0.267. The Bertz CT molecular complexity index is 705. The average Bonchev–Trinajstić information content (AvgIpc) is 2.45. The lowest BCUT2D eigenvalue weighted by Gasteiger charge is -2.11. The molecule has 1 aromatic carbocycles. The molecular formula is C15H15F2N3O2. The average molecular weight is 307 g/mol. The SMILES string of the molecule is CC(C)c1nc(NCc2ccc(F)cc2F)ncc1C(=O)O. The quantitative estimate of drug-likeness (QED) is 0.887. The van der Waals surface area contributed by atoms with Crippen LogP contribution in [-0.4, -0.2) is 21.0 Å². The molecule has 0 aliphatic heterocycles. The summed E-state index contributed by atoms with van der Waals surface area (Å²) < 4.78 is 26.4. The van der Waals surface area contributed by atoms with Crippen molar-refractivity contribution in [1.82, 2.24) is 9.97 Å². The standard InChI is InChI=1S/C15H15F2N3O2/c1-8(2)13-11(14(21)22)7-19-15(20-13)18-6-9-3-4-10(16)5-12(9)17/h3-5,7-8H,6H2,1-2H3,(H,21,22)(H,18,19,20). The smallest absolute Gasteiger partial charge is 0.339 e. The van der Waals surface area contributed by atoms with Crippen LogP contribution in [-0.2, 0) is 6.54 Å². The van der Waals surface area contributed by atoms with Gasteiger partial charge in [-0.1, -0.05) is 19.9 Å². The number of rotatable bonds is 5. The van der Waals surface area contributed by atoms with Crippen molar-refractivity contribution in [2.24, 2.45) is 0 Å². The molecule has 0 saturated carbocycles. The molecule has 2 N–H and O–H groups in total. The van der Waals surface area contributed by atoms with Crippen LogP contribution in [0.3, 0.4) is 0 Å². The van der Waals surface area contributed by atoms with Gasteiger partial charge in [-0.2, -0.15) is 0 Å². The summed E-state index contributed by atoms with van der Waals surface area (Å²) in [6.07, 6.45) is 1.22. The Morgan fingerprint density at radius 1 is 1.36 bits per heavy atom. The molecular weight excluding hydrogens is 292 g/mol. The Balaban J connectivity index is 2.20. The summed E-state index contributed by atoms with van der Waals surface area (Å²) in [6, 6.07) is 3.28. The zero-order chi connectivity index (χ0) is 16.3. The van der Waals surface area contributed by atoms with E-state index < -0.39 is 17.6 Å². The van der Waals surface area contributed by atoms with Gasteiger partial charge in [0.05, 0.1) is 11.3 Å². The molecule has 116 valence electrons. The Hall–Kier alpha value is -2.57. The maximum atomic E-state index is 13.5. The summed E-state index contributed by atoms with van der Waals surface area (Å²) in [5, 5.41) is 11.9. The van der Waals surface area contributed by atoms with Crippen LogP contribution in [0.5, 0.6) is 0 Å². The van der Waals surface area contributed by atoms with E-state index in [1.54, 1.807) is 0 Å². The zero-order valence-corrected chi connectivity index (χ0v) is 12.1. The lowest BCUT2D eigenvalue weighted by molar-refractivity contribution is 0.0694. The van der Waals surface area contributed by atoms with Crippen LogP contribution >= 0.6 is 0 Å². The normalized spacial score (nSPS) is 10.8. The lowest BCUT2D eigenvalue weighted by Crippen LogP contribution is -2.12. The monoisotopic (exact) mass is 307 g/mol. The van der Waals surface area contributed by atoms with Crippen LogP contribution in [0, 0.1) is 11.6 Å². The van der Waals surface area contributed by atoms with Gasteiger partial charge in [0.15, 0.2) is 0 Å². The van der Waals surface area contributed by atoms with E-state index in [2.05, 4.69) is 15.3 Å². The van der Waals surface area contributed by atoms with E-state index in [0.717, 1.165) is 12.1 Å². The largest absolute Gasteiger partial charge is 0.478 e. The summed E-state index contributed by atoms with van der Waals surface area (Å²) in [6.45, 7) is 3.70. The number of aromatic carboxylic acids is 1. The van der Waals surface area contributed by atoms with E-state index in [1.165, 1.54) is 12.3 Å². The first-order valence-corrected chi connectivity index (χ1v) is 6.66. The number of nitrogens with one attached hydrogen (secondary N) is 1. The lowest BCUT2D eigenvalue weighted by atomic mass is 10.1. The molecule has 0 unspecified atom stereocenters. The molecule has 5 nitrogen and oxygen atoms in total. The molecule has 7 heteroatoms. The van der Waals surface area contributed by atoms with Gasteiger partial charge in [-0.25, -0.2) is 23.5 Å². The highest BCUT2D eigenvalue weighted by atomic mass is 19.1. The van der Waals surface area contributed by atoms with Crippen LogP contribution in [0.15, 0.2) is 24.4 Å². The molecule has 0 aliphatic carbocycles. The molecule has 0 fully saturated rings. The molecule has 0 atom stereocenters. The van der Waals surface area contributed by atoms with Crippen LogP contribution in [0.4, 0.5) is 14.7 Å².